The van der Waals surface area contributed by atoms with E-state index in [9.17, 15) is 19.5 Å². The second kappa shape index (κ2) is 11.4. The highest BCUT2D eigenvalue weighted by Gasteiger charge is 2.33. The smallest absolute Gasteiger partial charge is 0.338 e. The van der Waals surface area contributed by atoms with Gasteiger partial charge in [0, 0.05) is 16.5 Å². The van der Waals surface area contributed by atoms with Gasteiger partial charge >= 0.3 is 11.9 Å². The van der Waals surface area contributed by atoms with Crippen molar-refractivity contribution in [1.29, 1.82) is 0 Å². The Kier molecular flexibility index (Phi) is 7.88. The monoisotopic (exact) mass is 588 g/mol. The number of hydrogen-bond donors (Lipinski definition) is 1. The molecule has 0 saturated carbocycles. The molecule has 1 atom stereocenters. The van der Waals surface area contributed by atoms with Gasteiger partial charge in [-0.25, -0.2) is 14.6 Å². The van der Waals surface area contributed by atoms with E-state index in [-0.39, 0.29) is 17.2 Å². The highest BCUT2D eigenvalue weighted by molar-refractivity contribution is 7.98. The molecule has 10 heteroatoms. The molecule has 1 aliphatic rings. The fourth-order valence-corrected chi connectivity index (χ4v) is 6.24. The van der Waals surface area contributed by atoms with E-state index < -0.39 is 18.0 Å². The number of ether oxygens (including phenoxy) is 1. The number of hydrogen-bond acceptors (Lipinski definition) is 8. The summed E-state index contributed by atoms with van der Waals surface area (Å²) in [5, 5.41) is 9.48. The Morgan fingerprint density at radius 2 is 1.85 bits per heavy atom. The van der Waals surface area contributed by atoms with Crippen molar-refractivity contribution in [3.8, 4) is 11.3 Å². The highest BCUT2D eigenvalue weighted by atomic mass is 32.2. The van der Waals surface area contributed by atoms with Crippen LogP contribution in [0.3, 0.4) is 0 Å². The topological polar surface area (TPSA) is 111 Å². The second-order valence-corrected chi connectivity index (χ2v) is 11.7. The number of carboxylic acid groups (broad SMARTS) is 1. The van der Waals surface area contributed by atoms with Crippen LogP contribution in [0.2, 0.25) is 0 Å². The molecule has 0 unspecified atom stereocenters. The third kappa shape index (κ3) is 5.45. The number of benzene rings is 2. The van der Waals surface area contributed by atoms with Crippen LogP contribution in [0.25, 0.3) is 17.4 Å². The second-order valence-electron chi connectivity index (χ2n) is 9.79. The van der Waals surface area contributed by atoms with Crippen molar-refractivity contribution in [1.82, 2.24) is 4.57 Å². The van der Waals surface area contributed by atoms with E-state index in [0.29, 0.717) is 43.3 Å². The van der Waals surface area contributed by atoms with E-state index in [1.807, 2.05) is 30.5 Å². The van der Waals surface area contributed by atoms with Crippen molar-refractivity contribution < 1.29 is 23.8 Å². The third-order valence-corrected chi connectivity index (χ3v) is 8.47. The first-order valence-corrected chi connectivity index (χ1v) is 14.9. The predicted molar refractivity (Wildman–Crippen MR) is 159 cm³/mol. The molecule has 0 saturated heterocycles. The van der Waals surface area contributed by atoms with Crippen molar-refractivity contribution in [2.45, 2.75) is 44.7 Å². The molecule has 3 heterocycles. The summed E-state index contributed by atoms with van der Waals surface area (Å²) in [6.45, 7) is 7.04. The van der Waals surface area contributed by atoms with Crippen molar-refractivity contribution in [3.05, 3.63) is 108 Å². The van der Waals surface area contributed by atoms with Crippen LogP contribution in [0, 0.1) is 6.92 Å². The molecular weight excluding hydrogens is 560 g/mol. The van der Waals surface area contributed by atoms with Crippen molar-refractivity contribution in [2.75, 3.05) is 6.26 Å². The average molecular weight is 589 g/mol. The zero-order chi connectivity index (χ0) is 29.4. The maximum absolute atomic E-state index is 13.9. The van der Waals surface area contributed by atoms with E-state index in [1.165, 1.54) is 11.3 Å². The normalized spacial score (nSPS) is 15.2. The summed E-state index contributed by atoms with van der Waals surface area (Å²) in [6, 6.07) is 15.5. The van der Waals surface area contributed by atoms with Crippen LogP contribution in [0.5, 0.6) is 0 Å². The minimum absolute atomic E-state index is 0.196. The van der Waals surface area contributed by atoms with E-state index in [4.69, 9.17) is 9.15 Å². The first kappa shape index (κ1) is 28.4. The van der Waals surface area contributed by atoms with E-state index >= 15 is 0 Å². The maximum atomic E-state index is 13.9. The van der Waals surface area contributed by atoms with Crippen LogP contribution in [-0.4, -0.2) is 34.0 Å². The predicted octanol–water partition coefficient (Wildman–Crippen LogP) is 5.18. The number of aromatic carboxylic acids is 1. The zero-order valence-electron chi connectivity index (χ0n) is 23.1. The Morgan fingerprint density at radius 1 is 1.12 bits per heavy atom. The number of nitrogens with zero attached hydrogens (tertiary/aromatic N) is 2. The van der Waals surface area contributed by atoms with Gasteiger partial charge in [0.25, 0.3) is 5.56 Å². The number of aromatic nitrogens is 1. The number of thiazole rings is 1. The summed E-state index contributed by atoms with van der Waals surface area (Å²) < 4.78 is 13.5. The van der Waals surface area contributed by atoms with Gasteiger partial charge in [-0.1, -0.05) is 35.6 Å². The molecule has 1 aliphatic heterocycles. The van der Waals surface area contributed by atoms with Crippen LogP contribution in [-0.2, 0) is 9.53 Å². The number of fused-ring (bicyclic) bond motifs is 1. The Bertz CT molecular complexity index is 1880. The summed E-state index contributed by atoms with van der Waals surface area (Å²) in [7, 11) is 0. The fraction of sp³-hybridized carbons (Fsp3) is 0.226. The van der Waals surface area contributed by atoms with Gasteiger partial charge in [0.05, 0.1) is 33.5 Å². The van der Waals surface area contributed by atoms with Gasteiger partial charge in [0.15, 0.2) is 4.80 Å². The van der Waals surface area contributed by atoms with Crippen LogP contribution in [0.15, 0.2) is 85.0 Å². The lowest BCUT2D eigenvalue weighted by atomic mass is 9.96. The van der Waals surface area contributed by atoms with Gasteiger partial charge in [-0.2, -0.15) is 0 Å². The molecule has 0 aliphatic carbocycles. The molecule has 0 fully saturated rings. The number of allylic oxidation sites excluding steroid dienone is 1. The SMILES string of the molecule is CSc1ccc([C@@H]2C(C(=O)OC(C)C)=C(C)N=c3s/c(=C/c4ccc(-c5cccc(C(=O)O)c5C)o4)c(=O)n32)cc1. The summed E-state index contributed by atoms with van der Waals surface area (Å²) >= 11 is 2.81. The van der Waals surface area contributed by atoms with E-state index in [2.05, 4.69) is 4.99 Å². The zero-order valence-corrected chi connectivity index (χ0v) is 24.8. The Hall–Kier alpha value is -4.15. The molecule has 4 aromatic rings. The summed E-state index contributed by atoms with van der Waals surface area (Å²) in [5.74, 6) is -0.599. The average Bonchev–Trinajstić information content (AvgIpc) is 3.51. The molecule has 0 spiro atoms. The number of carbonyl (C=O) groups is 2. The van der Waals surface area contributed by atoms with Gasteiger partial charge < -0.3 is 14.3 Å². The van der Waals surface area contributed by atoms with Gasteiger partial charge in [0.1, 0.15) is 11.5 Å². The lowest BCUT2D eigenvalue weighted by Crippen LogP contribution is -2.40. The van der Waals surface area contributed by atoms with Gasteiger partial charge in [-0.15, -0.1) is 11.8 Å². The summed E-state index contributed by atoms with van der Waals surface area (Å²) in [4.78, 5) is 44.9. The minimum Gasteiger partial charge on any atom is -0.478 e. The maximum Gasteiger partial charge on any atom is 0.338 e. The Balaban J connectivity index is 1.62. The van der Waals surface area contributed by atoms with Crippen LogP contribution in [0.4, 0.5) is 0 Å². The number of carboxylic acids is 1. The van der Waals surface area contributed by atoms with E-state index in [0.717, 1.165) is 10.5 Å². The van der Waals surface area contributed by atoms with Gasteiger partial charge in [-0.05, 0) is 75.4 Å². The van der Waals surface area contributed by atoms with Crippen LogP contribution >= 0.6 is 23.1 Å². The molecule has 2 aromatic heterocycles. The molecule has 0 amide bonds. The Labute approximate surface area is 244 Å². The number of esters is 1. The molecule has 5 rings (SSSR count). The number of thioether (sulfide) groups is 1. The molecule has 0 bridgehead atoms. The molecular formula is C31H28N2O6S2. The molecule has 2 aromatic carbocycles. The highest BCUT2D eigenvalue weighted by Crippen LogP contribution is 2.32. The molecule has 1 N–H and O–H groups in total. The van der Waals surface area contributed by atoms with Crippen LogP contribution < -0.4 is 14.9 Å². The Morgan fingerprint density at radius 3 is 2.51 bits per heavy atom. The van der Waals surface area contributed by atoms with Gasteiger partial charge in [-0.3, -0.25) is 9.36 Å². The van der Waals surface area contributed by atoms with Crippen molar-refractivity contribution in [2.24, 2.45) is 4.99 Å². The van der Waals surface area contributed by atoms with E-state index in [1.54, 1.807) is 80.4 Å². The number of rotatable bonds is 7. The first-order valence-electron chi connectivity index (χ1n) is 12.9. The van der Waals surface area contributed by atoms with Crippen molar-refractivity contribution in [3.63, 3.8) is 0 Å². The summed E-state index contributed by atoms with van der Waals surface area (Å²) in [6.07, 6.45) is 3.29. The lowest BCUT2D eigenvalue weighted by Gasteiger charge is -2.25. The van der Waals surface area contributed by atoms with Crippen LogP contribution in [0.1, 0.15) is 54.1 Å². The minimum atomic E-state index is -1.01. The molecule has 8 nitrogen and oxygen atoms in total. The largest absolute Gasteiger partial charge is 0.478 e. The quantitative estimate of drug-likeness (QED) is 0.234. The number of furan rings is 1. The third-order valence-electron chi connectivity index (χ3n) is 6.75. The lowest BCUT2D eigenvalue weighted by molar-refractivity contribution is -0.143. The summed E-state index contributed by atoms with van der Waals surface area (Å²) in [5.41, 5.74) is 2.72. The fourth-order valence-electron chi connectivity index (χ4n) is 4.80. The van der Waals surface area contributed by atoms with Gasteiger partial charge in [0.2, 0.25) is 0 Å². The number of carbonyl (C=O) groups excluding carboxylic acids is 1. The molecule has 41 heavy (non-hydrogen) atoms. The first-order chi connectivity index (χ1) is 19.6. The molecule has 0 radical (unpaired) electrons. The molecule has 210 valence electrons. The standard InChI is InChI=1S/C31H28N2O6S2/c1-16(2)38-30(37)26-18(4)32-31-33(27(26)19-9-12-21(40-5)13-10-19)28(34)25(41-31)15-20-11-14-24(39-20)22-7-6-8-23(17(22)3)29(35)36/h6-16,27H,1-5H3,(H,35,36)/b25-15+/t27-/m1/s1. The van der Waals surface area contributed by atoms with Crippen molar-refractivity contribution >= 4 is 41.1 Å².